The predicted octanol–water partition coefficient (Wildman–Crippen LogP) is 4.72. The molecule has 1 amide bonds. The number of aryl methyl sites for hydroxylation is 2. The van der Waals surface area contributed by atoms with E-state index in [-0.39, 0.29) is 24.2 Å². The molecule has 1 aromatic carbocycles. The van der Waals surface area contributed by atoms with Crippen LogP contribution in [0.1, 0.15) is 43.6 Å². The Balaban J connectivity index is 1.46. The van der Waals surface area contributed by atoms with Gasteiger partial charge in [-0.2, -0.15) is 13.9 Å². The van der Waals surface area contributed by atoms with Crippen molar-refractivity contribution < 1.29 is 13.6 Å². The molecule has 1 aliphatic heterocycles. The Hall–Kier alpha value is -4.15. The van der Waals surface area contributed by atoms with Gasteiger partial charge in [0.15, 0.2) is 11.6 Å². The van der Waals surface area contributed by atoms with Crippen LogP contribution in [0.5, 0.6) is 0 Å². The highest BCUT2D eigenvalue weighted by Gasteiger charge is 2.31. The molecule has 4 aromatic rings. The molecule has 0 radical (unpaired) electrons. The van der Waals surface area contributed by atoms with E-state index < -0.39 is 5.92 Å². The monoisotopic (exact) mass is 520 g/mol. The topological polar surface area (TPSA) is 85.0 Å². The van der Waals surface area contributed by atoms with Gasteiger partial charge in [0, 0.05) is 45.4 Å². The minimum Gasteiger partial charge on any atom is -0.341 e. The van der Waals surface area contributed by atoms with Gasteiger partial charge < -0.3 is 14.4 Å². The minimum absolute atomic E-state index is 0.0603. The highest BCUT2D eigenvalue weighted by molar-refractivity contribution is 6.01. The molecule has 9 nitrogen and oxygen atoms in total. The van der Waals surface area contributed by atoms with Gasteiger partial charge in [-0.3, -0.25) is 9.48 Å². The van der Waals surface area contributed by atoms with Crippen molar-refractivity contribution in [2.45, 2.75) is 46.2 Å². The lowest BCUT2D eigenvalue weighted by molar-refractivity contribution is -0.117. The third kappa shape index (κ3) is 4.52. The lowest BCUT2D eigenvalue weighted by Gasteiger charge is -2.34. The third-order valence-corrected chi connectivity index (χ3v) is 6.70. The molecular formula is C27H30F2N8O. The molecule has 1 aliphatic rings. The number of likely N-dealkylation sites (N-methyl/N-ethyl adjacent to an activating group) is 1. The lowest BCUT2D eigenvalue weighted by atomic mass is 10.1. The molecule has 0 aliphatic carbocycles. The maximum absolute atomic E-state index is 13.7. The Morgan fingerprint density at radius 2 is 1.79 bits per heavy atom. The third-order valence-electron chi connectivity index (χ3n) is 6.70. The molecule has 0 fully saturated rings. The Labute approximate surface area is 219 Å². The number of nitrogens with zero attached hydrogens (tertiary/aromatic N) is 8. The molecule has 3 aromatic heterocycles. The molecule has 0 saturated carbocycles. The summed E-state index contributed by atoms with van der Waals surface area (Å²) in [4.78, 5) is 29.9. The largest absolute Gasteiger partial charge is 0.341 e. The predicted molar refractivity (Wildman–Crippen MR) is 141 cm³/mol. The Kier molecular flexibility index (Phi) is 6.24. The first kappa shape index (κ1) is 25.5. The Morgan fingerprint density at radius 3 is 2.42 bits per heavy atom. The zero-order chi connectivity index (χ0) is 27.4. The summed E-state index contributed by atoms with van der Waals surface area (Å²) in [5.41, 5.74) is 3.85. The van der Waals surface area contributed by atoms with E-state index in [4.69, 9.17) is 4.98 Å². The number of hydrogen-bond donors (Lipinski definition) is 0. The van der Waals surface area contributed by atoms with Gasteiger partial charge in [0.25, 0.3) is 5.92 Å². The van der Waals surface area contributed by atoms with E-state index >= 15 is 0 Å². The summed E-state index contributed by atoms with van der Waals surface area (Å²) in [7, 11) is 3.42. The van der Waals surface area contributed by atoms with E-state index in [0.29, 0.717) is 29.7 Å². The lowest BCUT2D eigenvalue weighted by Crippen LogP contribution is -2.44. The summed E-state index contributed by atoms with van der Waals surface area (Å²) in [6, 6.07) is 7.66. The number of hydrogen-bond acceptors (Lipinski definition) is 6. The highest BCUT2D eigenvalue weighted by atomic mass is 19.3. The average Bonchev–Trinajstić information content (AvgIpc) is 3.45. The van der Waals surface area contributed by atoms with Crippen molar-refractivity contribution in [1.29, 1.82) is 0 Å². The zero-order valence-corrected chi connectivity index (χ0v) is 22.3. The van der Waals surface area contributed by atoms with Crippen molar-refractivity contribution >= 4 is 17.4 Å². The van der Waals surface area contributed by atoms with E-state index in [1.165, 1.54) is 6.20 Å². The number of aromatic nitrogens is 6. The number of carbonyl (C=O) groups is 1. The van der Waals surface area contributed by atoms with E-state index in [1.807, 2.05) is 40.8 Å². The van der Waals surface area contributed by atoms with Crippen LogP contribution < -0.4 is 9.80 Å². The molecule has 0 unspecified atom stereocenters. The number of imidazole rings is 1. The molecule has 5 rings (SSSR count). The summed E-state index contributed by atoms with van der Waals surface area (Å²) < 4.78 is 31.0. The summed E-state index contributed by atoms with van der Waals surface area (Å²) in [5, 5.41) is 4.48. The maximum atomic E-state index is 13.7. The smallest absolute Gasteiger partial charge is 0.288 e. The first-order chi connectivity index (χ1) is 17.9. The summed E-state index contributed by atoms with van der Waals surface area (Å²) in [6.07, 6.45) is 4.84. The fourth-order valence-corrected chi connectivity index (χ4v) is 4.60. The van der Waals surface area contributed by atoms with Crippen LogP contribution in [0.15, 0.2) is 42.9 Å². The standard InChI is InChI=1S/C27H30F2N8O/c1-16(2)37-23(17(3)11-31-37)24-30-12-20-26(33-24)36(15-22(38)35(20)6)13-18-7-9-19(10-8-18)25-32-21(14-34(25)5)27(4,28)29/h7-12,14,16H,13,15H2,1-6H3. The highest BCUT2D eigenvalue weighted by Crippen LogP contribution is 2.35. The van der Waals surface area contributed by atoms with Crippen LogP contribution in [0.3, 0.4) is 0 Å². The second-order valence-corrected chi connectivity index (χ2v) is 10.1. The second kappa shape index (κ2) is 9.30. The second-order valence-electron chi connectivity index (χ2n) is 10.1. The Bertz CT molecular complexity index is 1500. The van der Waals surface area contributed by atoms with Crippen molar-refractivity contribution in [3.8, 4) is 22.9 Å². The number of alkyl halides is 2. The van der Waals surface area contributed by atoms with Crippen molar-refractivity contribution in [2.24, 2.45) is 7.05 Å². The van der Waals surface area contributed by atoms with Crippen LogP contribution in [-0.4, -0.2) is 48.8 Å². The number of carbonyl (C=O) groups excluding carboxylic acids is 1. The minimum atomic E-state index is -3.01. The number of anilines is 2. The molecule has 0 saturated heterocycles. The number of amides is 1. The number of rotatable bonds is 6. The van der Waals surface area contributed by atoms with Gasteiger partial charge in [-0.15, -0.1) is 0 Å². The van der Waals surface area contributed by atoms with Gasteiger partial charge in [0.2, 0.25) is 5.91 Å². The van der Waals surface area contributed by atoms with Crippen molar-refractivity contribution in [1.82, 2.24) is 29.3 Å². The number of halogens is 2. The van der Waals surface area contributed by atoms with E-state index in [1.54, 1.807) is 36.0 Å². The molecule has 0 bridgehead atoms. The Morgan fingerprint density at radius 1 is 1.08 bits per heavy atom. The average molecular weight is 521 g/mol. The van der Waals surface area contributed by atoms with Crippen molar-refractivity contribution in [2.75, 3.05) is 23.4 Å². The van der Waals surface area contributed by atoms with E-state index in [0.717, 1.165) is 29.3 Å². The van der Waals surface area contributed by atoms with Crippen LogP contribution in [-0.2, 0) is 24.3 Å². The van der Waals surface area contributed by atoms with Crippen LogP contribution in [0, 0.1) is 6.92 Å². The normalized spacial score (nSPS) is 14.0. The van der Waals surface area contributed by atoms with Crippen LogP contribution in [0.4, 0.5) is 20.3 Å². The maximum Gasteiger partial charge on any atom is 0.288 e. The van der Waals surface area contributed by atoms with Gasteiger partial charge in [0.1, 0.15) is 22.9 Å². The van der Waals surface area contributed by atoms with Crippen LogP contribution in [0.2, 0.25) is 0 Å². The molecule has 0 N–H and O–H groups in total. The summed E-state index contributed by atoms with van der Waals surface area (Å²) in [6.45, 7) is 7.52. The summed E-state index contributed by atoms with van der Waals surface area (Å²) in [5.74, 6) is -1.40. The molecule has 0 atom stereocenters. The molecule has 0 spiro atoms. The zero-order valence-electron chi connectivity index (χ0n) is 22.3. The first-order valence-electron chi connectivity index (χ1n) is 12.4. The van der Waals surface area contributed by atoms with E-state index in [2.05, 4.69) is 28.9 Å². The fourth-order valence-electron chi connectivity index (χ4n) is 4.60. The van der Waals surface area contributed by atoms with Crippen molar-refractivity contribution in [3.63, 3.8) is 0 Å². The van der Waals surface area contributed by atoms with Crippen LogP contribution >= 0.6 is 0 Å². The quantitative estimate of drug-likeness (QED) is 0.366. The molecule has 11 heteroatoms. The first-order valence-corrected chi connectivity index (χ1v) is 12.4. The SMILES string of the molecule is Cc1cnn(C(C)C)c1-c1ncc2c(n1)N(Cc1ccc(-c3nc(C(C)(F)F)cn3C)cc1)CC(=O)N2C. The van der Waals surface area contributed by atoms with Crippen LogP contribution in [0.25, 0.3) is 22.9 Å². The summed E-state index contributed by atoms with van der Waals surface area (Å²) >= 11 is 0. The number of benzene rings is 1. The van der Waals surface area contributed by atoms with Gasteiger partial charge >= 0.3 is 0 Å². The fraction of sp³-hybridized carbons (Fsp3) is 0.370. The number of fused-ring (bicyclic) bond motifs is 1. The van der Waals surface area contributed by atoms with Gasteiger partial charge in [-0.1, -0.05) is 24.3 Å². The van der Waals surface area contributed by atoms with Crippen molar-refractivity contribution in [3.05, 3.63) is 59.7 Å². The van der Waals surface area contributed by atoms with E-state index in [9.17, 15) is 13.6 Å². The van der Waals surface area contributed by atoms with Gasteiger partial charge in [-0.05, 0) is 31.9 Å². The van der Waals surface area contributed by atoms with Gasteiger partial charge in [-0.25, -0.2) is 15.0 Å². The van der Waals surface area contributed by atoms with Gasteiger partial charge in [0.05, 0.1) is 18.9 Å². The molecule has 38 heavy (non-hydrogen) atoms. The molecular weight excluding hydrogens is 490 g/mol. The molecule has 198 valence electrons. The molecule has 4 heterocycles.